The van der Waals surface area contributed by atoms with Crippen LogP contribution < -0.4 is 0 Å². The summed E-state index contributed by atoms with van der Waals surface area (Å²) in [5.41, 5.74) is 0. The van der Waals surface area contributed by atoms with E-state index in [0.717, 1.165) is 24.6 Å². The first-order chi connectivity index (χ1) is 7.17. The number of aromatic nitrogens is 1. The lowest BCUT2D eigenvalue weighted by Gasteiger charge is -2.16. The van der Waals surface area contributed by atoms with Gasteiger partial charge < -0.3 is 5.11 Å². The van der Waals surface area contributed by atoms with E-state index in [1.165, 1.54) is 4.88 Å². The highest BCUT2D eigenvalue weighted by molar-refractivity contribution is 7.11. The van der Waals surface area contributed by atoms with E-state index in [4.69, 9.17) is 5.11 Å². The third-order valence-corrected chi connectivity index (χ3v) is 3.65. The summed E-state index contributed by atoms with van der Waals surface area (Å²) >= 11 is 1.78. The molecule has 0 unspecified atom stereocenters. The lowest BCUT2D eigenvalue weighted by molar-refractivity contribution is 0.196. The van der Waals surface area contributed by atoms with Crippen molar-refractivity contribution in [2.75, 3.05) is 19.7 Å². The Hall–Kier alpha value is -0.450. The average molecular weight is 228 g/mol. The number of likely N-dealkylation sites (N-methyl/N-ethyl adjacent to an activating group) is 1. The van der Waals surface area contributed by atoms with Gasteiger partial charge >= 0.3 is 0 Å². The highest BCUT2D eigenvalue weighted by Gasteiger charge is 2.08. The lowest BCUT2D eigenvalue weighted by Crippen LogP contribution is -2.25. The van der Waals surface area contributed by atoms with Crippen LogP contribution in [0.3, 0.4) is 0 Å². The van der Waals surface area contributed by atoms with Crippen LogP contribution in [-0.4, -0.2) is 34.7 Å². The van der Waals surface area contributed by atoms with Gasteiger partial charge in [-0.1, -0.05) is 20.8 Å². The van der Waals surface area contributed by atoms with Gasteiger partial charge in [0, 0.05) is 17.6 Å². The maximum atomic E-state index is 8.88. The number of thiazole rings is 1. The van der Waals surface area contributed by atoms with Gasteiger partial charge in [0.15, 0.2) is 0 Å². The molecule has 0 aliphatic rings. The van der Waals surface area contributed by atoms with E-state index < -0.39 is 0 Å². The fourth-order valence-corrected chi connectivity index (χ4v) is 2.31. The van der Waals surface area contributed by atoms with Gasteiger partial charge in [-0.05, 0) is 12.5 Å². The van der Waals surface area contributed by atoms with Gasteiger partial charge in [0.05, 0.1) is 13.2 Å². The van der Waals surface area contributed by atoms with Gasteiger partial charge in [0.25, 0.3) is 0 Å². The Morgan fingerprint density at radius 1 is 1.53 bits per heavy atom. The number of rotatable bonds is 6. The summed E-state index contributed by atoms with van der Waals surface area (Å²) in [5, 5.41) is 10.0. The highest BCUT2D eigenvalue weighted by atomic mass is 32.1. The van der Waals surface area contributed by atoms with Gasteiger partial charge in [-0.2, -0.15) is 0 Å². The standard InChI is InChI=1S/C11H20N2OS/c1-4-13(5-6-14)8-11-12-7-10(15-11)9(2)3/h7,9,14H,4-6,8H2,1-3H3. The quantitative estimate of drug-likeness (QED) is 0.810. The summed E-state index contributed by atoms with van der Waals surface area (Å²) in [5.74, 6) is 0.559. The molecular weight excluding hydrogens is 208 g/mol. The maximum Gasteiger partial charge on any atom is 0.107 e. The molecule has 1 rings (SSSR count). The van der Waals surface area contributed by atoms with Crippen molar-refractivity contribution in [1.29, 1.82) is 0 Å². The monoisotopic (exact) mass is 228 g/mol. The number of hydrogen-bond acceptors (Lipinski definition) is 4. The predicted molar refractivity (Wildman–Crippen MR) is 64.2 cm³/mol. The van der Waals surface area contributed by atoms with Crippen molar-refractivity contribution < 1.29 is 5.11 Å². The molecule has 1 aromatic heterocycles. The lowest BCUT2D eigenvalue weighted by atomic mass is 10.2. The molecule has 4 heteroatoms. The van der Waals surface area contributed by atoms with E-state index in [9.17, 15) is 0 Å². The number of hydrogen-bond donors (Lipinski definition) is 1. The van der Waals surface area contributed by atoms with Crippen molar-refractivity contribution in [2.24, 2.45) is 0 Å². The molecule has 0 saturated heterocycles. The van der Waals surface area contributed by atoms with E-state index in [1.807, 2.05) is 6.20 Å². The summed E-state index contributed by atoms with van der Waals surface area (Å²) in [6.45, 7) is 9.23. The summed E-state index contributed by atoms with van der Waals surface area (Å²) in [6, 6.07) is 0. The van der Waals surface area contributed by atoms with Crippen LogP contribution in [0.4, 0.5) is 0 Å². The zero-order chi connectivity index (χ0) is 11.3. The topological polar surface area (TPSA) is 36.4 Å². The Morgan fingerprint density at radius 2 is 2.27 bits per heavy atom. The summed E-state index contributed by atoms with van der Waals surface area (Å²) in [7, 11) is 0. The van der Waals surface area contributed by atoms with Crippen molar-refractivity contribution in [3.05, 3.63) is 16.1 Å². The van der Waals surface area contributed by atoms with Crippen molar-refractivity contribution in [3.8, 4) is 0 Å². The molecule has 0 spiro atoms. The zero-order valence-corrected chi connectivity index (χ0v) is 10.5. The van der Waals surface area contributed by atoms with Crippen LogP contribution in [0, 0.1) is 0 Å². The molecule has 1 heterocycles. The Bertz CT molecular complexity index is 286. The molecule has 0 aliphatic heterocycles. The minimum absolute atomic E-state index is 0.219. The molecule has 0 amide bonds. The van der Waals surface area contributed by atoms with Gasteiger partial charge in [0.1, 0.15) is 5.01 Å². The fraction of sp³-hybridized carbons (Fsp3) is 0.727. The molecule has 0 atom stereocenters. The highest BCUT2D eigenvalue weighted by Crippen LogP contribution is 2.22. The van der Waals surface area contributed by atoms with Gasteiger partial charge in [0.2, 0.25) is 0 Å². The van der Waals surface area contributed by atoms with Crippen LogP contribution in [0.15, 0.2) is 6.20 Å². The zero-order valence-electron chi connectivity index (χ0n) is 9.73. The maximum absolute atomic E-state index is 8.88. The van der Waals surface area contributed by atoms with Crippen molar-refractivity contribution in [1.82, 2.24) is 9.88 Å². The largest absolute Gasteiger partial charge is 0.395 e. The molecule has 15 heavy (non-hydrogen) atoms. The number of aliphatic hydroxyl groups is 1. The second-order valence-corrected chi connectivity index (χ2v) is 5.05. The van der Waals surface area contributed by atoms with Crippen molar-refractivity contribution in [2.45, 2.75) is 33.2 Å². The third kappa shape index (κ3) is 3.89. The van der Waals surface area contributed by atoms with Crippen LogP contribution in [0.2, 0.25) is 0 Å². The van der Waals surface area contributed by atoms with Crippen LogP contribution >= 0.6 is 11.3 Å². The van der Waals surface area contributed by atoms with E-state index in [1.54, 1.807) is 11.3 Å². The van der Waals surface area contributed by atoms with Gasteiger partial charge in [-0.25, -0.2) is 4.98 Å². The number of nitrogens with zero attached hydrogens (tertiary/aromatic N) is 2. The van der Waals surface area contributed by atoms with Gasteiger partial charge in [-0.15, -0.1) is 11.3 Å². The Balaban J connectivity index is 2.55. The minimum Gasteiger partial charge on any atom is -0.395 e. The molecule has 1 N–H and O–H groups in total. The van der Waals surface area contributed by atoms with Crippen LogP contribution in [0.1, 0.15) is 36.6 Å². The molecular formula is C11H20N2OS. The predicted octanol–water partition coefficient (Wildman–Crippen LogP) is 2.08. The molecule has 1 aromatic rings. The second-order valence-electron chi connectivity index (χ2n) is 3.90. The number of aliphatic hydroxyl groups excluding tert-OH is 1. The van der Waals surface area contributed by atoms with E-state index in [0.29, 0.717) is 5.92 Å². The normalized spacial score (nSPS) is 11.6. The second kappa shape index (κ2) is 6.20. The van der Waals surface area contributed by atoms with Crippen LogP contribution in [-0.2, 0) is 6.54 Å². The van der Waals surface area contributed by atoms with E-state index in [2.05, 4.69) is 30.7 Å². The Kier molecular flexibility index (Phi) is 5.22. The Labute approximate surface area is 95.8 Å². The molecule has 0 saturated carbocycles. The molecule has 3 nitrogen and oxygen atoms in total. The molecule has 0 aromatic carbocycles. The van der Waals surface area contributed by atoms with Crippen molar-refractivity contribution >= 4 is 11.3 Å². The van der Waals surface area contributed by atoms with Crippen LogP contribution in [0.5, 0.6) is 0 Å². The SMILES string of the molecule is CCN(CCO)Cc1ncc(C(C)C)s1. The first kappa shape index (κ1) is 12.6. The first-order valence-corrected chi connectivity index (χ1v) is 6.26. The smallest absolute Gasteiger partial charge is 0.107 e. The molecule has 0 fully saturated rings. The van der Waals surface area contributed by atoms with E-state index >= 15 is 0 Å². The molecule has 0 bridgehead atoms. The van der Waals surface area contributed by atoms with Gasteiger partial charge in [-0.3, -0.25) is 4.90 Å². The molecule has 86 valence electrons. The summed E-state index contributed by atoms with van der Waals surface area (Å²) in [4.78, 5) is 7.94. The Morgan fingerprint density at radius 3 is 2.73 bits per heavy atom. The minimum atomic E-state index is 0.219. The van der Waals surface area contributed by atoms with E-state index in [-0.39, 0.29) is 6.61 Å². The average Bonchev–Trinajstić information content (AvgIpc) is 2.65. The van der Waals surface area contributed by atoms with Crippen molar-refractivity contribution in [3.63, 3.8) is 0 Å². The fourth-order valence-electron chi connectivity index (χ4n) is 1.35. The van der Waals surface area contributed by atoms with Crippen LogP contribution in [0.25, 0.3) is 0 Å². The molecule has 0 aliphatic carbocycles. The first-order valence-electron chi connectivity index (χ1n) is 5.45. The summed E-state index contributed by atoms with van der Waals surface area (Å²) < 4.78 is 0. The summed E-state index contributed by atoms with van der Waals surface area (Å²) in [6.07, 6.45) is 1.97. The third-order valence-electron chi connectivity index (χ3n) is 2.36. The molecule has 0 radical (unpaired) electrons.